The summed E-state index contributed by atoms with van der Waals surface area (Å²) in [6, 6.07) is 8.49. The molecule has 6 heteroatoms. The van der Waals surface area contributed by atoms with Gasteiger partial charge in [-0.1, -0.05) is 0 Å². The molecule has 1 aliphatic rings. The first-order valence-electron chi connectivity index (χ1n) is 8.85. The SMILES string of the molecule is CC(C)(C)NC(=O)c1cncc(N2CCN(c3ccc(F)cc3)CC2)c1. The summed E-state index contributed by atoms with van der Waals surface area (Å²) in [4.78, 5) is 21.1. The zero-order chi connectivity index (χ0) is 18.7. The van der Waals surface area contributed by atoms with Crippen LogP contribution in [0.4, 0.5) is 15.8 Å². The van der Waals surface area contributed by atoms with Crippen molar-refractivity contribution in [2.45, 2.75) is 26.3 Å². The van der Waals surface area contributed by atoms with Crippen molar-refractivity contribution in [2.24, 2.45) is 0 Å². The van der Waals surface area contributed by atoms with Crippen LogP contribution in [0.15, 0.2) is 42.7 Å². The number of piperazine rings is 1. The molecule has 3 rings (SSSR count). The highest BCUT2D eigenvalue weighted by molar-refractivity contribution is 5.95. The lowest BCUT2D eigenvalue weighted by Crippen LogP contribution is -2.46. The first-order chi connectivity index (χ1) is 12.3. The van der Waals surface area contributed by atoms with Crippen molar-refractivity contribution in [1.82, 2.24) is 10.3 Å². The average molecular weight is 356 g/mol. The van der Waals surface area contributed by atoms with Crippen molar-refractivity contribution >= 4 is 17.3 Å². The highest BCUT2D eigenvalue weighted by atomic mass is 19.1. The van der Waals surface area contributed by atoms with Crippen molar-refractivity contribution in [3.63, 3.8) is 0 Å². The number of nitrogens with zero attached hydrogens (tertiary/aromatic N) is 3. The minimum absolute atomic E-state index is 0.114. The topological polar surface area (TPSA) is 48.5 Å². The Bertz CT molecular complexity index is 762. The van der Waals surface area contributed by atoms with E-state index in [0.29, 0.717) is 5.56 Å². The predicted octanol–water partition coefficient (Wildman–Crippen LogP) is 3.08. The van der Waals surface area contributed by atoms with Crippen molar-refractivity contribution in [2.75, 3.05) is 36.0 Å². The normalized spacial score (nSPS) is 15.1. The lowest BCUT2D eigenvalue weighted by atomic mass is 10.1. The summed E-state index contributed by atoms with van der Waals surface area (Å²) in [6.45, 7) is 9.19. The third-order valence-electron chi connectivity index (χ3n) is 4.31. The number of hydrogen-bond donors (Lipinski definition) is 1. The molecule has 0 atom stereocenters. The number of pyridine rings is 1. The number of benzene rings is 1. The molecule has 0 unspecified atom stereocenters. The maximum Gasteiger partial charge on any atom is 0.253 e. The number of anilines is 2. The minimum Gasteiger partial charge on any atom is -0.368 e. The second-order valence-electron chi connectivity index (χ2n) is 7.59. The van der Waals surface area contributed by atoms with E-state index in [2.05, 4.69) is 20.1 Å². The molecule has 138 valence electrons. The summed E-state index contributed by atoms with van der Waals surface area (Å²) in [5.74, 6) is -0.333. The molecule has 1 aromatic carbocycles. The van der Waals surface area contributed by atoms with Crippen LogP contribution >= 0.6 is 0 Å². The van der Waals surface area contributed by atoms with E-state index in [4.69, 9.17) is 0 Å². The fraction of sp³-hybridized carbons (Fsp3) is 0.400. The Labute approximate surface area is 153 Å². The largest absolute Gasteiger partial charge is 0.368 e. The van der Waals surface area contributed by atoms with Crippen molar-refractivity contribution in [1.29, 1.82) is 0 Å². The van der Waals surface area contributed by atoms with Crippen LogP contribution in [-0.4, -0.2) is 42.6 Å². The van der Waals surface area contributed by atoms with E-state index in [1.165, 1.54) is 12.1 Å². The molecule has 2 heterocycles. The summed E-state index contributed by atoms with van der Waals surface area (Å²) >= 11 is 0. The van der Waals surface area contributed by atoms with E-state index >= 15 is 0 Å². The Hall–Kier alpha value is -2.63. The molecule has 1 N–H and O–H groups in total. The molecular weight excluding hydrogens is 331 g/mol. The first-order valence-corrected chi connectivity index (χ1v) is 8.85. The van der Waals surface area contributed by atoms with Gasteiger partial charge < -0.3 is 15.1 Å². The summed E-state index contributed by atoms with van der Waals surface area (Å²) in [5, 5.41) is 2.96. The van der Waals surface area contributed by atoms with E-state index < -0.39 is 0 Å². The van der Waals surface area contributed by atoms with Crippen LogP contribution in [0.5, 0.6) is 0 Å². The standard InChI is InChI=1S/C20H25FN4O/c1-20(2,3)23-19(26)15-12-18(14-22-13-15)25-10-8-24(9-11-25)17-6-4-16(21)5-7-17/h4-7,12-14H,8-11H2,1-3H3,(H,23,26). The number of carbonyl (C=O) groups excluding carboxylic acids is 1. The van der Waals surface area contributed by atoms with Crippen molar-refractivity contribution < 1.29 is 9.18 Å². The van der Waals surface area contributed by atoms with Gasteiger partial charge in [0, 0.05) is 43.6 Å². The molecule has 0 bridgehead atoms. The lowest BCUT2D eigenvalue weighted by molar-refractivity contribution is 0.0919. The number of amides is 1. The zero-order valence-electron chi connectivity index (χ0n) is 15.5. The van der Waals surface area contributed by atoms with E-state index in [1.807, 2.05) is 39.0 Å². The van der Waals surface area contributed by atoms with Gasteiger partial charge in [0.1, 0.15) is 5.82 Å². The molecule has 5 nitrogen and oxygen atoms in total. The number of nitrogens with one attached hydrogen (secondary N) is 1. The summed E-state index contributed by atoms with van der Waals surface area (Å²) in [7, 11) is 0. The Morgan fingerprint density at radius 3 is 2.15 bits per heavy atom. The number of rotatable bonds is 3. The maximum absolute atomic E-state index is 13.1. The molecule has 1 amide bonds. The third-order valence-corrected chi connectivity index (χ3v) is 4.31. The first kappa shape index (κ1) is 18.2. The molecule has 1 saturated heterocycles. The molecule has 0 saturated carbocycles. The minimum atomic E-state index is -0.284. The number of carbonyl (C=O) groups is 1. The Balaban J connectivity index is 1.65. The van der Waals surface area contributed by atoms with Crippen LogP contribution in [-0.2, 0) is 0 Å². The number of halogens is 1. The van der Waals surface area contributed by atoms with Gasteiger partial charge in [0.25, 0.3) is 5.91 Å². The van der Waals surface area contributed by atoms with E-state index in [1.54, 1.807) is 12.4 Å². The van der Waals surface area contributed by atoms with Gasteiger partial charge in [-0.05, 0) is 51.1 Å². The van der Waals surface area contributed by atoms with E-state index in [9.17, 15) is 9.18 Å². The van der Waals surface area contributed by atoms with Gasteiger partial charge in [0.15, 0.2) is 0 Å². The quantitative estimate of drug-likeness (QED) is 0.918. The maximum atomic E-state index is 13.1. The van der Waals surface area contributed by atoms with Gasteiger partial charge in [-0.15, -0.1) is 0 Å². The molecule has 0 aliphatic carbocycles. The molecule has 1 aromatic heterocycles. The van der Waals surface area contributed by atoms with Gasteiger partial charge >= 0.3 is 0 Å². The van der Waals surface area contributed by atoms with Gasteiger partial charge in [0.05, 0.1) is 17.4 Å². The Morgan fingerprint density at radius 2 is 1.58 bits per heavy atom. The predicted molar refractivity (Wildman–Crippen MR) is 102 cm³/mol. The van der Waals surface area contributed by atoms with Crippen LogP contribution in [0.25, 0.3) is 0 Å². The van der Waals surface area contributed by atoms with Gasteiger partial charge in [-0.3, -0.25) is 9.78 Å². The average Bonchev–Trinajstić information content (AvgIpc) is 2.61. The van der Waals surface area contributed by atoms with Gasteiger partial charge in [-0.25, -0.2) is 4.39 Å². The van der Waals surface area contributed by atoms with Crippen molar-refractivity contribution in [3.8, 4) is 0 Å². The lowest BCUT2D eigenvalue weighted by Gasteiger charge is -2.37. The highest BCUT2D eigenvalue weighted by Gasteiger charge is 2.20. The molecule has 2 aromatic rings. The summed E-state index contributed by atoms with van der Waals surface area (Å²) in [5.41, 5.74) is 2.26. The van der Waals surface area contributed by atoms with Crippen LogP contribution in [0.3, 0.4) is 0 Å². The van der Waals surface area contributed by atoms with Gasteiger partial charge in [-0.2, -0.15) is 0 Å². The van der Waals surface area contributed by atoms with E-state index in [0.717, 1.165) is 37.6 Å². The molecule has 0 spiro atoms. The second kappa shape index (κ2) is 7.32. The number of hydrogen-bond acceptors (Lipinski definition) is 4. The fourth-order valence-electron chi connectivity index (χ4n) is 3.01. The van der Waals surface area contributed by atoms with Gasteiger partial charge in [0.2, 0.25) is 0 Å². The highest BCUT2D eigenvalue weighted by Crippen LogP contribution is 2.21. The number of aromatic nitrogens is 1. The molecule has 26 heavy (non-hydrogen) atoms. The summed E-state index contributed by atoms with van der Waals surface area (Å²) < 4.78 is 13.1. The Kier molecular flexibility index (Phi) is 5.11. The van der Waals surface area contributed by atoms with E-state index in [-0.39, 0.29) is 17.3 Å². The molecule has 1 aliphatic heterocycles. The second-order valence-corrected chi connectivity index (χ2v) is 7.59. The molecule has 0 radical (unpaired) electrons. The van der Waals surface area contributed by atoms with Crippen LogP contribution in [0.2, 0.25) is 0 Å². The molecular formula is C20H25FN4O. The Morgan fingerprint density at radius 1 is 1.00 bits per heavy atom. The van der Waals surface area contributed by atoms with Crippen LogP contribution in [0.1, 0.15) is 31.1 Å². The zero-order valence-corrected chi connectivity index (χ0v) is 15.5. The van der Waals surface area contributed by atoms with Crippen LogP contribution in [0, 0.1) is 5.82 Å². The smallest absolute Gasteiger partial charge is 0.253 e. The van der Waals surface area contributed by atoms with Crippen LogP contribution < -0.4 is 15.1 Å². The summed E-state index contributed by atoms with van der Waals surface area (Å²) in [6.07, 6.45) is 3.39. The fourth-order valence-corrected chi connectivity index (χ4v) is 3.01. The van der Waals surface area contributed by atoms with Crippen molar-refractivity contribution in [3.05, 3.63) is 54.1 Å². The monoisotopic (exact) mass is 356 g/mol. The third kappa shape index (κ3) is 4.50. The molecule has 1 fully saturated rings.